The van der Waals surface area contributed by atoms with E-state index in [0.29, 0.717) is 5.82 Å². The van der Waals surface area contributed by atoms with Gasteiger partial charge in [-0.05, 0) is 32.9 Å². The molecule has 0 amide bonds. The summed E-state index contributed by atoms with van der Waals surface area (Å²) < 4.78 is 24.4. The van der Waals surface area contributed by atoms with Gasteiger partial charge in [0.15, 0.2) is 0 Å². The molecule has 1 aromatic rings. The van der Waals surface area contributed by atoms with Crippen molar-refractivity contribution in [1.82, 2.24) is 4.98 Å². The Bertz CT molecular complexity index is 288. The number of pyridine rings is 1. The van der Waals surface area contributed by atoms with Crippen molar-refractivity contribution in [2.75, 3.05) is 5.32 Å². The summed E-state index contributed by atoms with van der Waals surface area (Å²) in [5.74, 6) is 0.613. The Balaban J connectivity index is 2.74. The van der Waals surface area contributed by atoms with Crippen molar-refractivity contribution in [2.24, 2.45) is 0 Å². The molecule has 0 saturated carbocycles. The first-order chi connectivity index (χ1) is 6.38. The number of nitrogens with zero attached hydrogens (tertiary/aromatic N) is 1. The van der Waals surface area contributed by atoms with Crippen molar-refractivity contribution in [2.45, 2.75) is 32.7 Å². The lowest BCUT2D eigenvalue weighted by Gasteiger charge is -2.21. The van der Waals surface area contributed by atoms with Crippen molar-refractivity contribution in [1.29, 1.82) is 0 Å². The maximum atomic E-state index is 12.2. The summed E-state index contributed by atoms with van der Waals surface area (Å²) in [5.41, 5.74) is -0.163. The minimum Gasteiger partial charge on any atom is -0.365 e. The monoisotopic (exact) mass is 200 g/mol. The fourth-order valence-electron chi connectivity index (χ4n) is 0.993. The molecule has 0 spiro atoms. The van der Waals surface area contributed by atoms with Crippen molar-refractivity contribution >= 4 is 5.82 Å². The van der Waals surface area contributed by atoms with E-state index in [-0.39, 0.29) is 11.1 Å². The summed E-state index contributed by atoms with van der Waals surface area (Å²) in [4.78, 5) is 3.89. The standard InChI is InChI=1S/C10H14F2N2/c1-10(2,3)14-8-5-4-7(6-13-8)9(11)12/h4-6,9H,1-3H3,(H,13,14). The topological polar surface area (TPSA) is 24.9 Å². The lowest BCUT2D eigenvalue weighted by molar-refractivity contribution is 0.151. The number of hydrogen-bond acceptors (Lipinski definition) is 2. The second-order valence-corrected chi connectivity index (χ2v) is 4.15. The Kier molecular flexibility index (Phi) is 3.03. The van der Waals surface area contributed by atoms with Gasteiger partial charge in [0.1, 0.15) is 5.82 Å². The second-order valence-electron chi connectivity index (χ2n) is 4.15. The first-order valence-electron chi connectivity index (χ1n) is 4.41. The van der Waals surface area contributed by atoms with Crippen LogP contribution in [-0.2, 0) is 0 Å². The normalized spacial score (nSPS) is 11.9. The zero-order valence-corrected chi connectivity index (χ0v) is 8.51. The number of halogens is 2. The molecule has 0 bridgehead atoms. The van der Waals surface area contributed by atoms with Crippen LogP contribution in [0.4, 0.5) is 14.6 Å². The quantitative estimate of drug-likeness (QED) is 0.792. The first kappa shape index (κ1) is 10.9. The molecule has 0 radical (unpaired) electrons. The lowest BCUT2D eigenvalue weighted by Crippen LogP contribution is -2.26. The summed E-state index contributed by atoms with van der Waals surface area (Å²) in [6.45, 7) is 5.95. The molecule has 1 rings (SSSR count). The van der Waals surface area contributed by atoms with Crippen LogP contribution in [0.1, 0.15) is 32.8 Å². The summed E-state index contributed by atoms with van der Waals surface area (Å²) in [5, 5.41) is 3.09. The molecule has 0 saturated heterocycles. The minimum absolute atomic E-state index is 0.0514. The minimum atomic E-state index is -2.45. The van der Waals surface area contributed by atoms with Gasteiger partial charge in [-0.25, -0.2) is 13.8 Å². The maximum absolute atomic E-state index is 12.2. The maximum Gasteiger partial charge on any atom is 0.265 e. The van der Waals surface area contributed by atoms with E-state index in [1.54, 1.807) is 6.07 Å². The van der Waals surface area contributed by atoms with Gasteiger partial charge in [0.2, 0.25) is 0 Å². The molecule has 0 fully saturated rings. The van der Waals surface area contributed by atoms with Gasteiger partial charge in [0.25, 0.3) is 6.43 Å². The zero-order valence-electron chi connectivity index (χ0n) is 8.51. The molecule has 0 unspecified atom stereocenters. The van der Waals surface area contributed by atoms with E-state index in [4.69, 9.17) is 0 Å². The fourth-order valence-corrected chi connectivity index (χ4v) is 0.993. The van der Waals surface area contributed by atoms with Gasteiger partial charge >= 0.3 is 0 Å². The van der Waals surface area contributed by atoms with Crippen LogP contribution in [0, 0.1) is 0 Å². The highest BCUT2D eigenvalue weighted by Crippen LogP contribution is 2.19. The second kappa shape index (κ2) is 3.90. The van der Waals surface area contributed by atoms with Crippen molar-refractivity contribution in [3.05, 3.63) is 23.9 Å². The van der Waals surface area contributed by atoms with Crippen LogP contribution >= 0.6 is 0 Å². The van der Waals surface area contributed by atoms with Crippen LogP contribution in [0.5, 0.6) is 0 Å². The van der Waals surface area contributed by atoms with Gasteiger partial charge in [-0.15, -0.1) is 0 Å². The van der Waals surface area contributed by atoms with E-state index in [1.165, 1.54) is 12.3 Å². The van der Waals surface area contributed by atoms with Gasteiger partial charge in [-0.2, -0.15) is 0 Å². The Morgan fingerprint density at radius 1 is 1.29 bits per heavy atom. The molecule has 2 nitrogen and oxygen atoms in total. The summed E-state index contributed by atoms with van der Waals surface area (Å²) in [6.07, 6.45) is -1.26. The highest BCUT2D eigenvalue weighted by Gasteiger charge is 2.11. The highest BCUT2D eigenvalue weighted by atomic mass is 19.3. The van der Waals surface area contributed by atoms with E-state index >= 15 is 0 Å². The smallest absolute Gasteiger partial charge is 0.265 e. The molecule has 0 atom stereocenters. The van der Waals surface area contributed by atoms with Crippen LogP contribution in [0.25, 0.3) is 0 Å². The Morgan fingerprint density at radius 3 is 2.29 bits per heavy atom. The molecule has 78 valence electrons. The van der Waals surface area contributed by atoms with Crippen LogP contribution in [0.15, 0.2) is 18.3 Å². The predicted octanol–water partition coefficient (Wildman–Crippen LogP) is 3.23. The molecule has 1 N–H and O–H groups in total. The van der Waals surface area contributed by atoms with Crippen LogP contribution in [-0.4, -0.2) is 10.5 Å². The van der Waals surface area contributed by atoms with E-state index < -0.39 is 6.43 Å². The Labute approximate surface area is 82.4 Å². The van der Waals surface area contributed by atoms with Crippen molar-refractivity contribution in [3.8, 4) is 0 Å². The number of hydrogen-bond donors (Lipinski definition) is 1. The number of rotatable bonds is 2. The van der Waals surface area contributed by atoms with E-state index in [9.17, 15) is 8.78 Å². The van der Waals surface area contributed by atoms with E-state index in [1.807, 2.05) is 20.8 Å². The molecule has 0 aromatic carbocycles. The number of anilines is 1. The number of nitrogens with one attached hydrogen (secondary N) is 1. The predicted molar refractivity (Wildman–Crippen MR) is 52.6 cm³/mol. The van der Waals surface area contributed by atoms with Crippen molar-refractivity contribution in [3.63, 3.8) is 0 Å². The van der Waals surface area contributed by atoms with Gasteiger partial charge in [-0.3, -0.25) is 0 Å². The molecule has 0 aliphatic rings. The zero-order chi connectivity index (χ0) is 10.8. The van der Waals surface area contributed by atoms with Crippen LogP contribution in [0.3, 0.4) is 0 Å². The van der Waals surface area contributed by atoms with Crippen LogP contribution in [0.2, 0.25) is 0 Å². The summed E-state index contributed by atoms with van der Waals surface area (Å²) in [7, 11) is 0. The lowest BCUT2D eigenvalue weighted by atomic mass is 10.1. The van der Waals surface area contributed by atoms with Gasteiger partial charge < -0.3 is 5.32 Å². The number of alkyl halides is 2. The third-order valence-electron chi connectivity index (χ3n) is 1.54. The third kappa shape index (κ3) is 3.28. The first-order valence-corrected chi connectivity index (χ1v) is 4.41. The molecule has 0 aliphatic carbocycles. The molecule has 14 heavy (non-hydrogen) atoms. The van der Waals surface area contributed by atoms with Gasteiger partial charge in [-0.1, -0.05) is 0 Å². The van der Waals surface area contributed by atoms with Gasteiger partial charge in [0.05, 0.1) is 0 Å². The number of aromatic nitrogens is 1. The summed E-state index contributed by atoms with van der Waals surface area (Å²) in [6, 6.07) is 2.94. The largest absolute Gasteiger partial charge is 0.365 e. The van der Waals surface area contributed by atoms with E-state index in [2.05, 4.69) is 10.3 Å². The Hall–Kier alpha value is -1.19. The molecule has 1 aromatic heterocycles. The molecule has 1 heterocycles. The average Bonchev–Trinajstić information content (AvgIpc) is 2.02. The summed E-state index contributed by atoms with van der Waals surface area (Å²) >= 11 is 0. The molecular formula is C10H14F2N2. The van der Waals surface area contributed by atoms with Crippen LogP contribution < -0.4 is 5.32 Å². The SMILES string of the molecule is CC(C)(C)Nc1ccc(C(F)F)cn1. The van der Waals surface area contributed by atoms with Crippen molar-refractivity contribution < 1.29 is 8.78 Å². The third-order valence-corrected chi connectivity index (χ3v) is 1.54. The molecule has 0 aliphatic heterocycles. The highest BCUT2D eigenvalue weighted by molar-refractivity contribution is 5.37. The Morgan fingerprint density at radius 2 is 1.93 bits per heavy atom. The molecule has 4 heteroatoms. The molecular weight excluding hydrogens is 186 g/mol. The fraction of sp³-hybridized carbons (Fsp3) is 0.500. The van der Waals surface area contributed by atoms with E-state index in [0.717, 1.165) is 0 Å². The van der Waals surface area contributed by atoms with Gasteiger partial charge in [0, 0.05) is 17.3 Å². The average molecular weight is 200 g/mol.